The van der Waals surface area contributed by atoms with Gasteiger partial charge in [0.2, 0.25) is 5.91 Å². The molecule has 6 heteroatoms. The Balaban J connectivity index is 1.44. The van der Waals surface area contributed by atoms with Crippen LogP contribution in [0.3, 0.4) is 0 Å². The summed E-state index contributed by atoms with van der Waals surface area (Å²) in [5, 5.41) is 2.99. The highest BCUT2D eigenvalue weighted by molar-refractivity contribution is 9.10. The number of ether oxygens (including phenoxy) is 1. The number of hydrogen-bond acceptors (Lipinski definition) is 4. The van der Waals surface area contributed by atoms with E-state index in [0.717, 1.165) is 49.8 Å². The van der Waals surface area contributed by atoms with E-state index in [0.29, 0.717) is 17.9 Å². The molecule has 1 aliphatic rings. The summed E-state index contributed by atoms with van der Waals surface area (Å²) in [5.41, 5.74) is 2.49. The lowest BCUT2D eigenvalue weighted by atomic mass is 9.95. The van der Waals surface area contributed by atoms with Gasteiger partial charge >= 0.3 is 5.97 Å². The van der Waals surface area contributed by atoms with Crippen LogP contribution < -0.4 is 5.32 Å². The number of piperidine rings is 1. The summed E-state index contributed by atoms with van der Waals surface area (Å²) >= 11 is 3.52. The quantitative estimate of drug-likeness (QED) is 0.420. The standard InChI is InChI=1S/C24H29BrN2O3/c1-2-3-15-30-24(29)20-7-9-22(10-8-20)26-23(28)19-11-13-27(14-12-19)17-18-5-4-6-21(25)16-18/h4-10,16,19H,2-3,11-15,17H2,1H3,(H,26,28). The molecule has 0 aromatic heterocycles. The molecule has 3 rings (SSSR count). The second-order valence-electron chi connectivity index (χ2n) is 7.74. The lowest BCUT2D eigenvalue weighted by Gasteiger charge is -2.31. The number of amides is 1. The van der Waals surface area contributed by atoms with E-state index in [9.17, 15) is 9.59 Å². The van der Waals surface area contributed by atoms with Gasteiger partial charge in [-0.2, -0.15) is 0 Å². The second-order valence-corrected chi connectivity index (χ2v) is 8.65. The first-order valence-corrected chi connectivity index (χ1v) is 11.4. The summed E-state index contributed by atoms with van der Waals surface area (Å²) < 4.78 is 6.30. The molecule has 0 bridgehead atoms. The van der Waals surface area contributed by atoms with Crippen molar-refractivity contribution in [2.24, 2.45) is 5.92 Å². The molecule has 0 unspecified atom stereocenters. The fourth-order valence-electron chi connectivity index (χ4n) is 3.57. The summed E-state index contributed by atoms with van der Waals surface area (Å²) in [6.07, 6.45) is 3.55. The zero-order valence-corrected chi connectivity index (χ0v) is 19.0. The molecule has 0 atom stereocenters. The van der Waals surface area contributed by atoms with Gasteiger partial charge in [0.05, 0.1) is 12.2 Å². The maximum atomic E-state index is 12.6. The number of esters is 1. The van der Waals surface area contributed by atoms with Gasteiger partial charge in [-0.25, -0.2) is 4.79 Å². The Hall–Kier alpha value is -2.18. The second kappa shape index (κ2) is 11.3. The molecule has 2 aromatic rings. The van der Waals surface area contributed by atoms with Crippen LogP contribution in [0, 0.1) is 5.92 Å². The molecule has 5 nitrogen and oxygen atoms in total. The average Bonchev–Trinajstić information content (AvgIpc) is 2.75. The van der Waals surface area contributed by atoms with Crippen LogP contribution in [0.15, 0.2) is 53.0 Å². The van der Waals surface area contributed by atoms with Crippen molar-refractivity contribution in [1.82, 2.24) is 4.90 Å². The highest BCUT2D eigenvalue weighted by Crippen LogP contribution is 2.22. The monoisotopic (exact) mass is 472 g/mol. The van der Waals surface area contributed by atoms with Crippen molar-refractivity contribution < 1.29 is 14.3 Å². The van der Waals surface area contributed by atoms with E-state index in [1.54, 1.807) is 24.3 Å². The molecular weight excluding hydrogens is 444 g/mol. The summed E-state index contributed by atoms with van der Waals surface area (Å²) in [6.45, 7) is 5.22. The van der Waals surface area contributed by atoms with E-state index in [1.807, 2.05) is 6.07 Å². The molecule has 1 N–H and O–H groups in total. The summed E-state index contributed by atoms with van der Waals surface area (Å²) in [4.78, 5) is 27.0. The van der Waals surface area contributed by atoms with Crippen molar-refractivity contribution in [1.29, 1.82) is 0 Å². The van der Waals surface area contributed by atoms with Crippen molar-refractivity contribution in [3.8, 4) is 0 Å². The number of unbranched alkanes of at least 4 members (excludes halogenated alkanes) is 1. The first-order valence-electron chi connectivity index (χ1n) is 10.6. The van der Waals surface area contributed by atoms with E-state index < -0.39 is 0 Å². The molecule has 1 amide bonds. The maximum Gasteiger partial charge on any atom is 0.338 e. The number of nitrogens with zero attached hydrogens (tertiary/aromatic N) is 1. The number of hydrogen-bond donors (Lipinski definition) is 1. The fraction of sp³-hybridized carbons (Fsp3) is 0.417. The van der Waals surface area contributed by atoms with Crippen LogP contribution in [0.4, 0.5) is 5.69 Å². The van der Waals surface area contributed by atoms with Crippen LogP contribution in [-0.2, 0) is 16.1 Å². The van der Waals surface area contributed by atoms with Crippen LogP contribution in [0.2, 0.25) is 0 Å². The molecule has 0 spiro atoms. The van der Waals surface area contributed by atoms with Gasteiger partial charge < -0.3 is 10.1 Å². The highest BCUT2D eigenvalue weighted by Gasteiger charge is 2.25. The van der Waals surface area contributed by atoms with E-state index in [1.165, 1.54) is 5.56 Å². The Bertz CT molecular complexity index is 846. The number of rotatable bonds is 8. The van der Waals surface area contributed by atoms with Gasteiger partial charge in [-0.3, -0.25) is 9.69 Å². The van der Waals surface area contributed by atoms with Crippen molar-refractivity contribution in [3.63, 3.8) is 0 Å². The zero-order chi connectivity index (χ0) is 21.3. The average molecular weight is 473 g/mol. The lowest BCUT2D eigenvalue weighted by molar-refractivity contribution is -0.121. The van der Waals surface area contributed by atoms with Crippen LogP contribution in [0.25, 0.3) is 0 Å². The minimum Gasteiger partial charge on any atom is -0.462 e. The Morgan fingerprint density at radius 3 is 2.53 bits per heavy atom. The van der Waals surface area contributed by atoms with Gasteiger partial charge in [-0.1, -0.05) is 41.4 Å². The molecule has 1 heterocycles. The zero-order valence-electron chi connectivity index (χ0n) is 17.4. The Morgan fingerprint density at radius 2 is 1.87 bits per heavy atom. The van der Waals surface area contributed by atoms with Crippen molar-refractivity contribution in [2.45, 2.75) is 39.2 Å². The highest BCUT2D eigenvalue weighted by atomic mass is 79.9. The van der Waals surface area contributed by atoms with Crippen LogP contribution in [0.1, 0.15) is 48.5 Å². The molecule has 2 aromatic carbocycles. The van der Waals surface area contributed by atoms with Gasteiger partial charge in [-0.05, 0) is 74.3 Å². The maximum absolute atomic E-state index is 12.6. The predicted molar refractivity (Wildman–Crippen MR) is 122 cm³/mol. The first-order chi connectivity index (χ1) is 14.5. The van der Waals surface area contributed by atoms with Gasteiger partial charge in [0, 0.05) is 22.6 Å². The SMILES string of the molecule is CCCCOC(=O)c1ccc(NC(=O)C2CCN(Cc3cccc(Br)c3)CC2)cc1. The number of nitrogens with one attached hydrogen (secondary N) is 1. The summed E-state index contributed by atoms with van der Waals surface area (Å²) in [6, 6.07) is 15.3. The molecule has 30 heavy (non-hydrogen) atoms. The van der Waals surface area contributed by atoms with Gasteiger partial charge in [0.15, 0.2) is 0 Å². The molecule has 160 valence electrons. The number of carbonyl (C=O) groups excluding carboxylic acids is 2. The third kappa shape index (κ3) is 6.67. The molecular formula is C24H29BrN2O3. The third-order valence-corrected chi connectivity index (χ3v) is 5.87. The van der Waals surface area contributed by atoms with E-state index in [4.69, 9.17) is 4.74 Å². The van der Waals surface area contributed by atoms with Crippen molar-refractivity contribution in [3.05, 3.63) is 64.1 Å². The van der Waals surface area contributed by atoms with E-state index >= 15 is 0 Å². The van der Waals surface area contributed by atoms with Crippen molar-refractivity contribution in [2.75, 3.05) is 25.0 Å². The van der Waals surface area contributed by atoms with Crippen LogP contribution in [0.5, 0.6) is 0 Å². The number of halogens is 1. The Morgan fingerprint density at radius 1 is 1.13 bits per heavy atom. The fourth-order valence-corrected chi connectivity index (χ4v) is 4.02. The van der Waals surface area contributed by atoms with Gasteiger partial charge in [0.1, 0.15) is 0 Å². The normalized spacial score (nSPS) is 15.0. The third-order valence-electron chi connectivity index (χ3n) is 5.37. The molecule has 1 saturated heterocycles. The molecule has 1 aliphatic heterocycles. The number of likely N-dealkylation sites (tertiary alicyclic amines) is 1. The number of anilines is 1. The Labute approximate surface area is 186 Å². The van der Waals surface area contributed by atoms with Gasteiger partial charge in [0.25, 0.3) is 0 Å². The first kappa shape index (κ1) is 22.5. The summed E-state index contributed by atoms with van der Waals surface area (Å²) in [5.74, 6) is -0.253. The molecule has 0 saturated carbocycles. The minimum atomic E-state index is -0.320. The van der Waals surface area contributed by atoms with Crippen LogP contribution in [-0.4, -0.2) is 36.5 Å². The molecule has 1 fully saturated rings. The van der Waals surface area contributed by atoms with E-state index in [-0.39, 0.29) is 17.8 Å². The number of carbonyl (C=O) groups is 2. The molecule has 0 aliphatic carbocycles. The summed E-state index contributed by atoms with van der Waals surface area (Å²) in [7, 11) is 0. The smallest absolute Gasteiger partial charge is 0.338 e. The lowest BCUT2D eigenvalue weighted by Crippen LogP contribution is -2.37. The van der Waals surface area contributed by atoms with Crippen molar-refractivity contribution >= 4 is 33.5 Å². The predicted octanol–water partition coefficient (Wildman–Crippen LogP) is 5.26. The van der Waals surface area contributed by atoms with E-state index in [2.05, 4.69) is 51.3 Å². The van der Waals surface area contributed by atoms with Crippen LogP contribution >= 0.6 is 15.9 Å². The Kier molecular flexibility index (Phi) is 8.46. The minimum absolute atomic E-state index is 0.0162. The largest absolute Gasteiger partial charge is 0.462 e. The number of benzene rings is 2. The van der Waals surface area contributed by atoms with Gasteiger partial charge in [-0.15, -0.1) is 0 Å². The topological polar surface area (TPSA) is 58.6 Å². The molecule has 0 radical (unpaired) electrons.